The van der Waals surface area contributed by atoms with E-state index in [-0.39, 0.29) is 12.6 Å². The molecular formula is C13H22ClN3O. The molecule has 1 saturated heterocycles. The molecule has 1 fully saturated rings. The van der Waals surface area contributed by atoms with Gasteiger partial charge in [0.1, 0.15) is 0 Å². The predicted molar refractivity (Wildman–Crippen MR) is 72.7 cm³/mol. The fourth-order valence-corrected chi connectivity index (χ4v) is 3.12. The molecule has 0 bridgehead atoms. The van der Waals surface area contributed by atoms with E-state index < -0.39 is 0 Å². The van der Waals surface area contributed by atoms with Crippen LogP contribution in [0.4, 0.5) is 0 Å². The molecule has 1 aliphatic heterocycles. The van der Waals surface area contributed by atoms with Gasteiger partial charge in [-0.05, 0) is 25.3 Å². The third-order valence-corrected chi connectivity index (χ3v) is 4.48. The van der Waals surface area contributed by atoms with Crippen LogP contribution < -0.4 is 0 Å². The number of aryl methyl sites for hydroxylation is 2. The lowest BCUT2D eigenvalue weighted by molar-refractivity contribution is 0.132. The van der Waals surface area contributed by atoms with Crippen molar-refractivity contribution in [1.29, 1.82) is 0 Å². The van der Waals surface area contributed by atoms with Gasteiger partial charge in [0.15, 0.2) is 0 Å². The summed E-state index contributed by atoms with van der Waals surface area (Å²) in [7, 11) is 1.94. The molecule has 0 amide bonds. The number of halogens is 1. The maximum absolute atomic E-state index is 9.48. The topological polar surface area (TPSA) is 41.3 Å². The Morgan fingerprint density at radius 3 is 2.78 bits per heavy atom. The normalized spacial score (nSPS) is 24.9. The van der Waals surface area contributed by atoms with E-state index in [0.29, 0.717) is 5.92 Å². The molecule has 4 nitrogen and oxygen atoms in total. The summed E-state index contributed by atoms with van der Waals surface area (Å²) < 4.78 is 1.87. The molecule has 1 aromatic rings. The Balaban J connectivity index is 2.17. The molecule has 1 aromatic heterocycles. The molecule has 2 heterocycles. The Morgan fingerprint density at radius 1 is 1.50 bits per heavy atom. The number of nitrogens with zero attached hydrogens (tertiary/aromatic N) is 3. The minimum atomic E-state index is 0.220. The van der Waals surface area contributed by atoms with Gasteiger partial charge in [-0.3, -0.25) is 9.58 Å². The van der Waals surface area contributed by atoms with Gasteiger partial charge in [-0.15, -0.1) is 0 Å². The van der Waals surface area contributed by atoms with E-state index in [2.05, 4.69) is 23.8 Å². The average Bonchev–Trinajstić information content (AvgIpc) is 2.84. The van der Waals surface area contributed by atoms with Gasteiger partial charge >= 0.3 is 0 Å². The molecule has 102 valence electrons. The van der Waals surface area contributed by atoms with Crippen molar-refractivity contribution in [3.8, 4) is 0 Å². The molecular weight excluding hydrogens is 250 g/mol. The summed E-state index contributed by atoms with van der Waals surface area (Å²) in [6, 6.07) is 0.251. The van der Waals surface area contributed by atoms with E-state index in [0.717, 1.165) is 42.3 Å². The second-order valence-electron chi connectivity index (χ2n) is 5.17. The molecule has 0 radical (unpaired) electrons. The van der Waals surface area contributed by atoms with Crippen molar-refractivity contribution in [2.75, 3.05) is 13.2 Å². The second-order valence-corrected chi connectivity index (χ2v) is 5.55. The van der Waals surface area contributed by atoms with Gasteiger partial charge < -0.3 is 5.11 Å². The zero-order valence-electron chi connectivity index (χ0n) is 11.4. The van der Waals surface area contributed by atoms with Gasteiger partial charge in [0.2, 0.25) is 0 Å². The molecule has 5 heteroatoms. The first-order valence-electron chi connectivity index (χ1n) is 6.63. The van der Waals surface area contributed by atoms with Crippen LogP contribution in [0.15, 0.2) is 0 Å². The standard InChI is InChI=1S/C13H22ClN3O/c1-4-10-13(14)11(16(3)15-10)7-17-6-5-9(2)12(17)8-18/h9,12,18H,4-8H2,1-3H3. The van der Waals surface area contributed by atoms with E-state index >= 15 is 0 Å². The Bertz CT molecular complexity index is 419. The van der Waals surface area contributed by atoms with Crippen LogP contribution in [0.25, 0.3) is 0 Å². The van der Waals surface area contributed by atoms with E-state index in [1.807, 2.05) is 11.7 Å². The van der Waals surface area contributed by atoms with Gasteiger partial charge in [-0.25, -0.2) is 0 Å². The minimum Gasteiger partial charge on any atom is -0.395 e. The van der Waals surface area contributed by atoms with Gasteiger partial charge in [0.25, 0.3) is 0 Å². The van der Waals surface area contributed by atoms with Crippen molar-refractivity contribution in [2.45, 2.75) is 39.3 Å². The minimum absolute atomic E-state index is 0.220. The highest BCUT2D eigenvalue weighted by atomic mass is 35.5. The van der Waals surface area contributed by atoms with Crippen molar-refractivity contribution < 1.29 is 5.11 Å². The first-order chi connectivity index (χ1) is 8.58. The lowest BCUT2D eigenvalue weighted by Gasteiger charge is -2.25. The maximum Gasteiger partial charge on any atom is 0.0863 e. The maximum atomic E-state index is 9.48. The molecule has 2 atom stereocenters. The van der Waals surface area contributed by atoms with Gasteiger partial charge in [-0.1, -0.05) is 25.4 Å². The largest absolute Gasteiger partial charge is 0.395 e. The molecule has 0 spiro atoms. The van der Waals surface area contributed by atoms with Crippen molar-refractivity contribution >= 4 is 11.6 Å². The van der Waals surface area contributed by atoms with E-state index in [4.69, 9.17) is 11.6 Å². The molecule has 2 rings (SSSR count). The van der Waals surface area contributed by atoms with Crippen molar-refractivity contribution in [1.82, 2.24) is 14.7 Å². The fraction of sp³-hybridized carbons (Fsp3) is 0.769. The van der Waals surface area contributed by atoms with Crippen molar-refractivity contribution in [3.63, 3.8) is 0 Å². The summed E-state index contributed by atoms with van der Waals surface area (Å²) in [4.78, 5) is 2.31. The lowest BCUT2D eigenvalue weighted by Crippen LogP contribution is -2.35. The number of hydrogen-bond acceptors (Lipinski definition) is 3. The number of aliphatic hydroxyl groups is 1. The zero-order chi connectivity index (χ0) is 13.3. The third-order valence-electron chi connectivity index (χ3n) is 4.04. The summed E-state index contributed by atoms with van der Waals surface area (Å²) in [5.74, 6) is 0.549. The van der Waals surface area contributed by atoms with Crippen molar-refractivity contribution in [2.24, 2.45) is 13.0 Å². The third kappa shape index (κ3) is 2.42. The molecule has 1 N–H and O–H groups in total. The van der Waals surface area contributed by atoms with Crippen LogP contribution in [0.5, 0.6) is 0 Å². The van der Waals surface area contributed by atoms with Crippen LogP contribution in [0.2, 0.25) is 5.02 Å². The summed E-state index contributed by atoms with van der Waals surface area (Å²) in [5.41, 5.74) is 2.02. The monoisotopic (exact) mass is 271 g/mol. The van der Waals surface area contributed by atoms with Crippen LogP contribution >= 0.6 is 11.6 Å². The van der Waals surface area contributed by atoms with Crippen molar-refractivity contribution in [3.05, 3.63) is 16.4 Å². The number of aromatic nitrogens is 2. The summed E-state index contributed by atoms with van der Waals surface area (Å²) >= 11 is 6.36. The lowest BCUT2D eigenvalue weighted by atomic mass is 10.0. The Hall–Kier alpha value is -0.580. The SMILES string of the molecule is CCc1nn(C)c(CN2CCC(C)C2CO)c1Cl. The van der Waals surface area contributed by atoms with Crippen LogP contribution in [0.1, 0.15) is 31.7 Å². The summed E-state index contributed by atoms with van der Waals surface area (Å²) in [6.45, 7) is 6.28. The summed E-state index contributed by atoms with van der Waals surface area (Å²) in [5, 5.41) is 14.7. The Kier molecular flexibility index (Phi) is 4.30. The number of rotatable bonds is 4. The average molecular weight is 272 g/mol. The Labute approximate surface area is 114 Å². The van der Waals surface area contributed by atoms with Crippen LogP contribution in [-0.4, -0.2) is 39.0 Å². The molecule has 18 heavy (non-hydrogen) atoms. The first-order valence-corrected chi connectivity index (χ1v) is 7.01. The fourth-order valence-electron chi connectivity index (χ4n) is 2.76. The predicted octanol–water partition coefficient (Wildman–Crippen LogP) is 1.84. The summed E-state index contributed by atoms with van der Waals surface area (Å²) in [6.07, 6.45) is 1.99. The van der Waals surface area contributed by atoms with E-state index in [1.165, 1.54) is 0 Å². The van der Waals surface area contributed by atoms with E-state index in [1.54, 1.807) is 0 Å². The molecule has 0 saturated carbocycles. The highest BCUT2D eigenvalue weighted by Gasteiger charge is 2.31. The number of hydrogen-bond donors (Lipinski definition) is 1. The van der Waals surface area contributed by atoms with Crippen LogP contribution in [0, 0.1) is 5.92 Å². The second kappa shape index (κ2) is 5.59. The quantitative estimate of drug-likeness (QED) is 0.909. The van der Waals surface area contributed by atoms with Gasteiger partial charge in [0.05, 0.1) is 23.0 Å². The highest BCUT2D eigenvalue weighted by Crippen LogP contribution is 2.28. The number of aliphatic hydroxyl groups excluding tert-OH is 1. The number of likely N-dealkylation sites (tertiary alicyclic amines) is 1. The zero-order valence-corrected chi connectivity index (χ0v) is 12.1. The molecule has 0 aromatic carbocycles. The Morgan fingerprint density at radius 2 is 2.22 bits per heavy atom. The highest BCUT2D eigenvalue weighted by molar-refractivity contribution is 6.31. The van der Waals surface area contributed by atoms with Gasteiger partial charge in [-0.2, -0.15) is 5.10 Å². The van der Waals surface area contributed by atoms with Crippen LogP contribution in [-0.2, 0) is 20.0 Å². The smallest absolute Gasteiger partial charge is 0.0863 e. The van der Waals surface area contributed by atoms with E-state index in [9.17, 15) is 5.11 Å². The first kappa shape index (κ1) is 13.8. The molecule has 2 unspecified atom stereocenters. The van der Waals surface area contributed by atoms with Crippen LogP contribution in [0.3, 0.4) is 0 Å². The molecule has 0 aliphatic carbocycles. The molecule has 1 aliphatic rings. The van der Waals surface area contributed by atoms with Gasteiger partial charge in [0, 0.05) is 19.6 Å².